The molecule has 0 rings (SSSR count). The minimum absolute atomic E-state index is 0. The van der Waals surface area contributed by atoms with Crippen LogP contribution in [0.5, 0.6) is 0 Å². The molecule has 0 N–H and O–H groups in total. The molecule has 0 bridgehead atoms. The van der Waals surface area contributed by atoms with Gasteiger partial charge in [-0.1, -0.05) is 0 Å². The second-order valence-electron chi connectivity index (χ2n) is 0. The fourth-order valence-corrected chi connectivity index (χ4v) is 0. The number of rotatable bonds is 0. The topological polar surface area (TPSA) is 17.1 Å². The van der Waals surface area contributed by atoms with Crippen molar-refractivity contribution in [2.75, 3.05) is 0 Å². The Kier molecular flexibility index (Phi) is 737. The summed E-state index contributed by atoms with van der Waals surface area (Å²) in [7, 11) is 0. The Hall–Kier alpha value is 0.890. The van der Waals surface area contributed by atoms with Crippen molar-refractivity contribution in [3.63, 3.8) is 0 Å². The predicted octanol–water partition coefficient (Wildman–Crippen LogP) is 0.929. The number of halogens is 3. The van der Waals surface area contributed by atoms with Gasteiger partial charge in [0.1, 0.15) is 0 Å². The summed E-state index contributed by atoms with van der Waals surface area (Å²) in [5, 5.41) is 0. The van der Waals surface area contributed by atoms with E-state index in [0.717, 1.165) is 0 Å². The fraction of sp³-hybridized carbons (Fsp3) is 0. The molecule has 0 saturated heterocycles. The summed E-state index contributed by atoms with van der Waals surface area (Å²) in [6.07, 6.45) is 0. The first kappa shape index (κ1) is 39.4. The average molecular weight is 157 g/mol. The minimum atomic E-state index is 0. The molecule has 5 heteroatoms. The van der Waals surface area contributed by atoms with Crippen LogP contribution in [0.2, 0.25) is 0 Å². The Labute approximate surface area is 54.3 Å². The normalized spacial score (nSPS) is 0.800. The second kappa shape index (κ2) is 93.4. The van der Waals surface area contributed by atoms with Crippen molar-refractivity contribution in [2.45, 2.75) is 0 Å². The van der Waals surface area contributed by atoms with Crippen LogP contribution in [0.1, 0.15) is 0 Å². The van der Waals surface area contributed by atoms with Crippen LogP contribution in [-0.2, 0) is 12.5 Å². The number of hydrogen-bond acceptors (Lipinski definition) is 2. The lowest BCUT2D eigenvalue weighted by atomic mass is 16.0. The summed E-state index contributed by atoms with van der Waals surface area (Å²) >= 11 is 2.83. The average Bonchev–Trinajstić information content (AvgIpc) is 1.00. The van der Waals surface area contributed by atoms with Gasteiger partial charge in [-0.25, -0.2) is 0 Å². The molecule has 0 heterocycles. The molecule has 1 nitrogen and oxygen atoms in total. The summed E-state index contributed by atoms with van der Waals surface area (Å²) in [5.41, 5.74) is 0. The Bertz CT molecular complexity index is 6.85. The van der Waals surface area contributed by atoms with Crippen LogP contribution in [0, 0.1) is 0 Å². The Morgan fingerprint density at radius 2 is 0.800 bits per heavy atom. The zero-order valence-corrected chi connectivity index (χ0v) is 5.31. The molecule has 5 heavy (non-hydrogen) atoms. The lowest BCUT2D eigenvalue weighted by Crippen LogP contribution is -0.894. The molecule has 0 atom stereocenters. The molecular weight excluding hydrogens is 154 g/mol. The highest BCUT2D eigenvalue weighted by Gasteiger charge is 0.734. The number of hydrogen-bond donors (Lipinski definition) is 0. The molecule has 0 aliphatic heterocycles. The maximum absolute atomic E-state index is 7.83. The van der Waals surface area contributed by atoms with E-state index in [4.69, 9.17) is 4.21 Å². The first-order valence-corrected chi connectivity index (χ1v) is 0.500. The van der Waals surface area contributed by atoms with Crippen molar-refractivity contribution >= 4 is 49.8 Å². The lowest BCUT2D eigenvalue weighted by Gasteiger charge is -0.734. The highest BCUT2D eigenvalue weighted by atomic mass is 35.5. The highest BCUT2D eigenvalue weighted by molar-refractivity contribution is 7.44. The molecule has 0 aliphatic rings. The third-order valence-corrected chi connectivity index (χ3v) is 0. The molecule has 0 radical (unpaired) electrons. The van der Waals surface area contributed by atoms with Crippen molar-refractivity contribution in [1.29, 1.82) is 0 Å². The highest BCUT2D eigenvalue weighted by Crippen LogP contribution is 0.692. The van der Waals surface area contributed by atoms with Crippen molar-refractivity contribution in [3.8, 4) is 0 Å². The molecule has 0 unspecified atom stereocenters. The SMILES string of the molecule is Cl.Cl.Cl.O=S. The van der Waals surface area contributed by atoms with Gasteiger partial charge in [-0.2, -0.15) is 4.21 Å². The molecule has 0 fully saturated rings. The van der Waals surface area contributed by atoms with Gasteiger partial charge in [-0.3, -0.25) is 0 Å². The molecule has 0 aromatic carbocycles. The zero-order chi connectivity index (χ0) is 2.00. The maximum atomic E-state index is 7.83. The second-order valence-corrected chi connectivity index (χ2v) is 0. The zero-order valence-electron chi connectivity index (χ0n) is 2.04. The van der Waals surface area contributed by atoms with Crippen LogP contribution in [0.3, 0.4) is 0 Å². The first-order chi connectivity index (χ1) is 1.00. The van der Waals surface area contributed by atoms with E-state index in [1.165, 1.54) is 0 Å². The van der Waals surface area contributed by atoms with Crippen molar-refractivity contribution < 1.29 is 4.21 Å². The molecule has 0 aliphatic carbocycles. The summed E-state index contributed by atoms with van der Waals surface area (Å²) in [6.45, 7) is 0. The quantitative estimate of drug-likeness (QED) is 0.520. The van der Waals surface area contributed by atoms with Gasteiger partial charge in [0.2, 0.25) is 0 Å². The van der Waals surface area contributed by atoms with Gasteiger partial charge in [0.05, 0.1) is 0 Å². The third-order valence-electron chi connectivity index (χ3n) is 0. The van der Waals surface area contributed by atoms with Crippen LogP contribution in [0.25, 0.3) is 0 Å². The first-order valence-electron chi connectivity index (χ1n) is 0.167. The van der Waals surface area contributed by atoms with E-state index in [1.54, 1.807) is 0 Å². The van der Waals surface area contributed by atoms with Gasteiger partial charge in [0.15, 0.2) is 12.5 Å². The van der Waals surface area contributed by atoms with E-state index in [9.17, 15) is 0 Å². The molecule has 36 valence electrons. The summed E-state index contributed by atoms with van der Waals surface area (Å²) < 4.78 is 7.83. The van der Waals surface area contributed by atoms with Crippen LogP contribution < -0.4 is 0 Å². The molecule has 0 amide bonds. The summed E-state index contributed by atoms with van der Waals surface area (Å²) in [4.78, 5) is 0. The smallest absolute Gasteiger partial charge is 0.197 e. The lowest BCUT2D eigenvalue weighted by molar-refractivity contribution is 0.702. The van der Waals surface area contributed by atoms with Gasteiger partial charge in [-0.15, -0.1) is 37.2 Å². The van der Waals surface area contributed by atoms with Crippen LogP contribution in [-0.4, -0.2) is 4.21 Å². The monoisotopic (exact) mass is 156 g/mol. The Morgan fingerprint density at radius 3 is 0.800 bits per heavy atom. The van der Waals surface area contributed by atoms with Crippen LogP contribution >= 0.6 is 37.2 Å². The predicted molar refractivity (Wildman–Crippen MR) is 29.9 cm³/mol. The minimum Gasteiger partial charge on any atom is -0.197 e. The van der Waals surface area contributed by atoms with Crippen molar-refractivity contribution in [1.82, 2.24) is 0 Å². The molecule has 0 saturated carbocycles. The van der Waals surface area contributed by atoms with Crippen molar-refractivity contribution in [3.05, 3.63) is 0 Å². The van der Waals surface area contributed by atoms with Crippen molar-refractivity contribution in [2.24, 2.45) is 0 Å². The summed E-state index contributed by atoms with van der Waals surface area (Å²) in [6, 6.07) is 0. The molecule has 0 aromatic rings. The van der Waals surface area contributed by atoms with Gasteiger partial charge in [0, 0.05) is 0 Å². The largest absolute Gasteiger partial charge is 0.197 e. The molecular formula is H3Cl3OS. The Morgan fingerprint density at radius 1 is 0.800 bits per heavy atom. The third kappa shape index (κ3) is 51.6. The van der Waals surface area contributed by atoms with E-state index in [2.05, 4.69) is 12.5 Å². The van der Waals surface area contributed by atoms with E-state index >= 15 is 0 Å². The Balaban J connectivity index is -0.00000000167. The maximum Gasteiger partial charge on any atom is 0.197 e. The van der Waals surface area contributed by atoms with E-state index in [1.807, 2.05) is 0 Å². The van der Waals surface area contributed by atoms with Crippen LogP contribution in [0.15, 0.2) is 0 Å². The van der Waals surface area contributed by atoms with E-state index < -0.39 is 0 Å². The molecule has 0 spiro atoms. The van der Waals surface area contributed by atoms with Gasteiger partial charge in [0.25, 0.3) is 0 Å². The summed E-state index contributed by atoms with van der Waals surface area (Å²) in [5.74, 6) is 0. The standard InChI is InChI=1S/3ClH.OS/c;;;1-2/h3*1H;. The van der Waals surface area contributed by atoms with Gasteiger partial charge < -0.3 is 0 Å². The van der Waals surface area contributed by atoms with Crippen LogP contribution in [0.4, 0.5) is 0 Å². The van der Waals surface area contributed by atoms with Gasteiger partial charge in [-0.05, 0) is 0 Å². The van der Waals surface area contributed by atoms with E-state index in [0.29, 0.717) is 0 Å². The van der Waals surface area contributed by atoms with Gasteiger partial charge >= 0.3 is 0 Å². The van der Waals surface area contributed by atoms with E-state index in [-0.39, 0.29) is 37.2 Å². The fourth-order valence-electron chi connectivity index (χ4n) is 0. The molecule has 0 aromatic heterocycles.